The van der Waals surface area contributed by atoms with Gasteiger partial charge in [-0.2, -0.15) is 4.98 Å². The number of aliphatic hydroxyl groups excluding tert-OH is 1. The molecule has 0 bridgehead atoms. The standard InChI is InChI=1S/C17H22N4O2/c1-20(11-13-4-3-5-15(10-13)23-2)17-18-8-6-16(19-17)21-9-7-14(22)12-21/h3-6,8,10,14,22H,7,9,11-12H2,1-2H3. The number of aromatic nitrogens is 2. The van der Waals surface area contributed by atoms with Gasteiger partial charge in [0.05, 0.1) is 13.2 Å². The molecule has 3 rings (SSSR count). The summed E-state index contributed by atoms with van der Waals surface area (Å²) in [6, 6.07) is 9.86. The predicted octanol–water partition coefficient (Wildman–Crippen LogP) is 1.69. The molecule has 1 aliphatic rings. The molecule has 1 aliphatic heterocycles. The fourth-order valence-corrected chi connectivity index (χ4v) is 2.76. The summed E-state index contributed by atoms with van der Waals surface area (Å²) in [5.74, 6) is 2.38. The second-order valence-corrected chi connectivity index (χ2v) is 5.81. The van der Waals surface area contributed by atoms with Crippen LogP contribution in [0, 0.1) is 0 Å². The maximum absolute atomic E-state index is 9.68. The van der Waals surface area contributed by atoms with E-state index in [1.807, 2.05) is 36.2 Å². The predicted molar refractivity (Wildman–Crippen MR) is 90.0 cm³/mol. The largest absolute Gasteiger partial charge is 0.497 e. The maximum Gasteiger partial charge on any atom is 0.227 e. The number of anilines is 2. The Hall–Kier alpha value is -2.34. The van der Waals surface area contributed by atoms with Crippen molar-refractivity contribution in [2.75, 3.05) is 37.0 Å². The normalized spacial score (nSPS) is 17.3. The van der Waals surface area contributed by atoms with E-state index in [9.17, 15) is 5.11 Å². The highest BCUT2D eigenvalue weighted by molar-refractivity contribution is 5.45. The molecule has 1 aromatic heterocycles. The van der Waals surface area contributed by atoms with Crippen LogP contribution in [0.1, 0.15) is 12.0 Å². The van der Waals surface area contributed by atoms with Crippen molar-refractivity contribution in [3.05, 3.63) is 42.1 Å². The number of methoxy groups -OCH3 is 1. The molecule has 0 saturated carbocycles. The fourth-order valence-electron chi connectivity index (χ4n) is 2.76. The molecule has 1 N–H and O–H groups in total. The zero-order valence-corrected chi connectivity index (χ0v) is 13.5. The van der Waals surface area contributed by atoms with Gasteiger partial charge in [-0.3, -0.25) is 0 Å². The summed E-state index contributed by atoms with van der Waals surface area (Å²) in [7, 11) is 3.64. The third-order valence-corrected chi connectivity index (χ3v) is 4.01. The third-order valence-electron chi connectivity index (χ3n) is 4.01. The van der Waals surface area contributed by atoms with Gasteiger partial charge in [-0.25, -0.2) is 4.98 Å². The zero-order chi connectivity index (χ0) is 16.2. The molecule has 6 nitrogen and oxygen atoms in total. The second-order valence-electron chi connectivity index (χ2n) is 5.81. The van der Waals surface area contributed by atoms with Gasteiger partial charge in [0.2, 0.25) is 5.95 Å². The number of hydrogen-bond donors (Lipinski definition) is 1. The van der Waals surface area contributed by atoms with Crippen molar-refractivity contribution in [3.8, 4) is 5.75 Å². The van der Waals surface area contributed by atoms with Crippen molar-refractivity contribution in [2.24, 2.45) is 0 Å². The first kappa shape index (κ1) is 15.6. The molecule has 0 radical (unpaired) electrons. The molecule has 6 heteroatoms. The van der Waals surface area contributed by atoms with Crippen LogP contribution in [0.5, 0.6) is 5.75 Å². The molecule has 1 unspecified atom stereocenters. The molecule has 1 fully saturated rings. The molecule has 0 aliphatic carbocycles. The van der Waals surface area contributed by atoms with Gasteiger partial charge in [0, 0.05) is 32.9 Å². The van der Waals surface area contributed by atoms with Crippen molar-refractivity contribution in [1.29, 1.82) is 0 Å². The highest BCUT2D eigenvalue weighted by Gasteiger charge is 2.21. The van der Waals surface area contributed by atoms with Crippen molar-refractivity contribution in [1.82, 2.24) is 9.97 Å². The van der Waals surface area contributed by atoms with E-state index in [-0.39, 0.29) is 6.10 Å². The van der Waals surface area contributed by atoms with Gasteiger partial charge in [-0.15, -0.1) is 0 Å². The van der Waals surface area contributed by atoms with Crippen LogP contribution in [-0.2, 0) is 6.54 Å². The van der Waals surface area contributed by atoms with Crippen molar-refractivity contribution >= 4 is 11.8 Å². The summed E-state index contributed by atoms with van der Waals surface area (Å²) in [4.78, 5) is 13.1. The lowest BCUT2D eigenvalue weighted by Crippen LogP contribution is -2.24. The van der Waals surface area contributed by atoms with Gasteiger partial charge in [0.1, 0.15) is 11.6 Å². The number of nitrogens with zero attached hydrogens (tertiary/aromatic N) is 4. The Labute approximate surface area is 136 Å². The van der Waals surface area contributed by atoms with Crippen LogP contribution >= 0.6 is 0 Å². The average molecular weight is 314 g/mol. The van der Waals surface area contributed by atoms with Gasteiger partial charge < -0.3 is 19.6 Å². The summed E-state index contributed by atoms with van der Waals surface area (Å²) in [5.41, 5.74) is 1.14. The Balaban J connectivity index is 1.73. The van der Waals surface area contributed by atoms with Gasteiger partial charge >= 0.3 is 0 Å². The first-order valence-corrected chi connectivity index (χ1v) is 7.76. The maximum atomic E-state index is 9.68. The van der Waals surface area contributed by atoms with E-state index in [2.05, 4.69) is 20.9 Å². The average Bonchev–Trinajstić information content (AvgIpc) is 3.01. The van der Waals surface area contributed by atoms with Gasteiger partial charge in [0.15, 0.2) is 0 Å². The molecule has 1 saturated heterocycles. The number of rotatable bonds is 5. The molecular formula is C17H22N4O2. The summed E-state index contributed by atoms with van der Waals surface area (Å²) in [5, 5.41) is 9.68. The van der Waals surface area contributed by atoms with Gasteiger partial charge in [0.25, 0.3) is 0 Å². The number of aliphatic hydroxyl groups is 1. The van der Waals surface area contributed by atoms with E-state index in [1.165, 1.54) is 0 Å². The zero-order valence-electron chi connectivity index (χ0n) is 13.5. The van der Waals surface area contributed by atoms with Crippen LogP contribution < -0.4 is 14.5 Å². The lowest BCUT2D eigenvalue weighted by molar-refractivity contribution is 0.198. The topological polar surface area (TPSA) is 61.7 Å². The minimum absolute atomic E-state index is 0.261. The van der Waals surface area contributed by atoms with Crippen LogP contribution in [-0.4, -0.2) is 48.4 Å². The SMILES string of the molecule is COc1cccc(CN(C)c2nccc(N3CCC(O)C3)n2)c1. The van der Waals surface area contributed by atoms with Crippen LogP contribution in [0.25, 0.3) is 0 Å². The molecule has 2 aromatic rings. The number of benzene rings is 1. The summed E-state index contributed by atoms with van der Waals surface area (Å²) >= 11 is 0. The molecule has 1 aromatic carbocycles. The quantitative estimate of drug-likeness (QED) is 0.906. The number of β-amino-alcohol motifs (C(OH)–C–C–N with tert-alkyl or cyclic N) is 1. The molecule has 0 spiro atoms. The Morgan fingerprint density at radius 3 is 3.00 bits per heavy atom. The minimum atomic E-state index is -0.261. The Bertz CT molecular complexity index is 665. The van der Waals surface area contributed by atoms with Crippen molar-refractivity contribution in [3.63, 3.8) is 0 Å². The first-order chi connectivity index (χ1) is 11.2. The third kappa shape index (κ3) is 3.71. The number of ether oxygens (including phenoxy) is 1. The molecule has 2 heterocycles. The monoisotopic (exact) mass is 314 g/mol. The first-order valence-electron chi connectivity index (χ1n) is 7.76. The van der Waals surface area contributed by atoms with E-state index < -0.39 is 0 Å². The van der Waals surface area contributed by atoms with E-state index in [1.54, 1.807) is 13.3 Å². The summed E-state index contributed by atoms with van der Waals surface area (Å²) < 4.78 is 5.26. The van der Waals surface area contributed by atoms with E-state index in [4.69, 9.17) is 4.74 Å². The Morgan fingerprint density at radius 2 is 2.26 bits per heavy atom. The Kier molecular flexibility index (Phi) is 4.62. The van der Waals surface area contributed by atoms with Crippen molar-refractivity contribution in [2.45, 2.75) is 19.1 Å². The lowest BCUT2D eigenvalue weighted by atomic mass is 10.2. The minimum Gasteiger partial charge on any atom is -0.497 e. The van der Waals surface area contributed by atoms with Gasteiger partial charge in [-0.05, 0) is 30.2 Å². The lowest BCUT2D eigenvalue weighted by Gasteiger charge is -2.21. The number of hydrogen-bond acceptors (Lipinski definition) is 6. The van der Waals surface area contributed by atoms with E-state index in [0.717, 1.165) is 30.1 Å². The van der Waals surface area contributed by atoms with Crippen LogP contribution in [0.3, 0.4) is 0 Å². The Morgan fingerprint density at radius 1 is 1.39 bits per heavy atom. The molecule has 1 atom stereocenters. The smallest absolute Gasteiger partial charge is 0.227 e. The van der Waals surface area contributed by atoms with Gasteiger partial charge in [-0.1, -0.05) is 12.1 Å². The van der Waals surface area contributed by atoms with Crippen LogP contribution in [0.4, 0.5) is 11.8 Å². The highest BCUT2D eigenvalue weighted by atomic mass is 16.5. The van der Waals surface area contributed by atoms with Crippen LogP contribution in [0.15, 0.2) is 36.5 Å². The summed E-state index contributed by atoms with van der Waals surface area (Å²) in [6.45, 7) is 2.16. The second kappa shape index (κ2) is 6.83. The molecule has 0 amide bonds. The highest BCUT2D eigenvalue weighted by Crippen LogP contribution is 2.21. The van der Waals surface area contributed by atoms with Crippen molar-refractivity contribution < 1.29 is 9.84 Å². The molecule has 122 valence electrons. The summed E-state index contributed by atoms with van der Waals surface area (Å²) in [6.07, 6.45) is 2.30. The van der Waals surface area contributed by atoms with E-state index >= 15 is 0 Å². The van der Waals surface area contributed by atoms with E-state index in [0.29, 0.717) is 19.0 Å². The molecular weight excluding hydrogens is 292 g/mol. The molecule has 23 heavy (non-hydrogen) atoms. The fraction of sp³-hybridized carbons (Fsp3) is 0.412. The van der Waals surface area contributed by atoms with Crippen LogP contribution in [0.2, 0.25) is 0 Å².